The van der Waals surface area contributed by atoms with Gasteiger partial charge in [0, 0.05) is 16.8 Å². The van der Waals surface area contributed by atoms with E-state index in [0.717, 1.165) is 7.94 Å². The number of ketones is 1. The molecule has 2 heterocycles. The maximum atomic E-state index is 14.3. The van der Waals surface area contributed by atoms with Gasteiger partial charge in [0.15, 0.2) is 0 Å². The average Bonchev–Trinajstić information content (AvgIpc) is 3.57. The molecule has 0 unspecified atom stereocenters. The molecule has 0 bridgehead atoms. The van der Waals surface area contributed by atoms with Gasteiger partial charge in [0.25, 0.3) is 20.0 Å². The van der Waals surface area contributed by atoms with E-state index in [1.54, 1.807) is 72.8 Å². The molecule has 6 rings (SSSR count). The second-order valence-electron chi connectivity index (χ2n) is 9.04. The monoisotopic (exact) mass is 570 g/mol. The number of aromatic nitrogens is 2. The number of carbonyl (C=O) groups excluding carboxylic acids is 1. The van der Waals surface area contributed by atoms with E-state index in [0.29, 0.717) is 22.0 Å². The smallest absolute Gasteiger partial charge is 0.268 e. The van der Waals surface area contributed by atoms with Crippen LogP contribution in [-0.2, 0) is 20.0 Å². The summed E-state index contributed by atoms with van der Waals surface area (Å²) in [6.07, 6.45) is 0. The van der Waals surface area contributed by atoms with E-state index >= 15 is 0 Å². The first-order valence-electron chi connectivity index (χ1n) is 12.2. The lowest BCUT2D eigenvalue weighted by atomic mass is 10.2. The third-order valence-corrected chi connectivity index (χ3v) is 10.1. The number of para-hydroxylation sites is 1. The molecule has 200 valence electrons. The molecular formula is C30H22N2O6S2. The number of carbonyl (C=O) groups is 1. The molecule has 0 atom stereocenters. The number of fused-ring (bicyclic) bond motifs is 2. The third-order valence-electron chi connectivity index (χ3n) is 6.66. The SMILES string of the molecule is COc1ccc2cc(C(=O)c3cc4ccccc4n3S(=O)(=O)c3ccccc3)n(S(=O)(=O)c3ccccc3)c2c1. The maximum absolute atomic E-state index is 14.3. The Bertz CT molecular complexity index is 2130. The predicted molar refractivity (Wildman–Crippen MR) is 152 cm³/mol. The number of nitrogens with zero attached hydrogens (tertiary/aromatic N) is 2. The lowest BCUT2D eigenvalue weighted by Crippen LogP contribution is -2.23. The summed E-state index contributed by atoms with van der Waals surface area (Å²) in [4.78, 5) is 14.3. The average molecular weight is 571 g/mol. The van der Waals surface area contributed by atoms with Crippen molar-refractivity contribution < 1.29 is 26.4 Å². The van der Waals surface area contributed by atoms with Crippen LogP contribution in [0.2, 0.25) is 0 Å². The van der Waals surface area contributed by atoms with Crippen molar-refractivity contribution in [1.29, 1.82) is 0 Å². The van der Waals surface area contributed by atoms with E-state index in [4.69, 9.17) is 4.74 Å². The molecule has 2 aromatic heterocycles. The summed E-state index contributed by atoms with van der Waals surface area (Å²) in [7, 11) is -7.05. The van der Waals surface area contributed by atoms with Crippen molar-refractivity contribution in [3.8, 4) is 5.75 Å². The summed E-state index contributed by atoms with van der Waals surface area (Å²) in [6, 6.07) is 30.0. The Morgan fingerprint density at radius 3 is 1.60 bits per heavy atom. The molecule has 4 aromatic carbocycles. The molecule has 0 N–H and O–H groups in total. The molecule has 0 aliphatic carbocycles. The van der Waals surface area contributed by atoms with Crippen LogP contribution in [0.5, 0.6) is 5.75 Å². The topological polar surface area (TPSA) is 104 Å². The Labute approximate surface area is 230 Å². The van der Waals surface area contributed by atoms with Gasteiger partial charge in [0.1, 0.15) is 17.1 Å². The predicted octanol–water partition coefficient (Wildman–Crippen LogP) is 5.31. The molecule has 10 heteroatoms. The van der Waals surface area contributed by atoms with Crippen molar-refractivity contribution in [2.24, 2.45) is 0 Å². The van der Waals surface area contributed by atoms with Crippen molar-refractivity contribution in [3.63, 3.8) is 0 Å². The van der Waals surface area contributed by atoms with Crippen molar-refractivity contribution in [2.75, 3.05) is 7.11 Å². The fourth-order valence-electron chi connectivity index (χ4n) is 4.77. The number of ether oxygens (including phenoxy) is 1. The fourth-order valence-corrected chi connectivity index (χ4v) is 7.83. The van der Waals surface area contributed by atoms with Gasteiger partial charge < -0.3 is 4.74 Å². The van der Waals surface area contributed by atoms with E-state index < -0.39 is 25.8 Å². The minimum atomic E-state index is -4.28. The third kappa shape index (κ3) is 4.00. The molecule has 0 fully saturated rings. The number of hydrogen-bond donors (Lipinski definition) is 0. The zero-order chi connectivity index (χ0) is 28.1. The van der Waals surface area contributed by atoms with E-state index in [2.05, 4.69) is 0 Å². The number of methoxy groups -OCH3 is 1. The number of benzene rings is 4. The van der Waals surface area contributed by atoms with Crippen molar-refractivity contribution in [3.05, 3.63) is 127 Å². The Balaban J connectivity index is 1.66. The van der Waals surface area contributed by atoms with Crippen molar-refractivity contribution in [1.82, 2.24) is 7.94 Å². The zero-order valence-corrected chi connectivity index (χ0v) is 22.8. The molecule has 0 aliphatic heterocycles. The molecule has 0 saturated heterocycles. The Hall–Kier alpha value is -4.67. The van der Waals surface area contributed by atoms with E-state index in [9.17, 15) is 21.6 Å². The van der Waals surface area contributed by atoms with Gasteiger partial charge in [-0.25, -0.2) is 24.8 Å². The molecule has 0 saturated carbocycles. The van der Waals surface area contributed by atoms with Crippen LogP contribution in [0.15, 0.2) is 125 Å². The number of hydrogen-bond acceptors (Lipinski definition) is 6. The van der Waals surface area contributed by atoms with Gasteiger partial charge in [-0.3, -0.25) is 4.79 Å². The van der Waals surface area contributed by atoms with Crippen LogP contribution >= 0.6 is 0 Å². The van der Waals surface area contributed by atoms with E-state index in [-0.39, 0.29) is 26.7 Å². The maximum Gasteiger partial charge on any atom is 0.268 e. The second kappa shape index (κ2) is 9.51. The first-order chi connectivity index (χ1) is 19.2. The highest BCUT2D eigenvalue weighted by Gasteiger charge is 2.32. The van der Waals surface area contributed by atoms with Crippen LogP contribution in [0.4, 0.5) is 0 Å². The molecule has 0 aliphatic rings. The Kier molecular flexibility index (Phi) is 6.09. The van der Waals surface area contributed by atoms with Crippen molar-refractivity contribution in [2.45, 2.75) is 9.79 Å². The summed E-state index contributed by atoms with van der Waals surface area (Å²) in [6.45, 7) is 0. The number of rotatable bonds is 7. The van der Waals surface area contributed by atoms with Gasteiger partial charge >= 0.3 is 0 Å². The van der Waals surface area contributed by atoms with Crippen LogP contribution in [0.3, 0.4) is 0 Å². The normalized spacial score (nSPS) is 12.1. The summed E-state index contributed by atoms with van der Waals surface area (Å²) in [5.41, 5.74) is 0.119. The minimum absolute atomic E-state index is 0.00686. The molecular weight excluding hydrogens is 548 g/mol. The Morgan fingerprint density at radius 1 is 0.575 bits per heavy atom. The minimum Gasteiger partial charge on any atom is -0.497 e. The Morgan fingerprint density at radius 2 is 1.05 bits per heavy atom. The van der Waals surface area contributed by atoms with Crippen LogP contribution in [-0.4, -0.2) is 37.7 Å². The van der Waals surface area contributed by atoms with Gasteiger partial charge in [0.2, 0.25) is 5.78 Å². The van der Waals surface area contributed by atoms with Gasteiger partial charge in [-0.1, -0.05) is 54.6 Å². The van der Waals surface area contributed by atoms with Gasteiger partial charge in [0.05, 0.1) is 27.9 Å². The highest BCUT2D eigenvalue weighted by atomic mass is 32.2. The first-order valence-corrected chi connectivity index (χ1v) is 15.1. The van der Waals surface area contributed by atoms with Crippen LogP contribution < -0.4 is 4.74 Å². The van der Waals surface area contributed by atoms with Gasteiger partial charge in [-0.15, -0.1) is 0 Å². The largest absolute Gasteiger partial charge is 0.497 e. The summed E-state index contributed by atoms with van der Waals surface area (Å²) < 4.78 is 63.0. The lowest BCUT2D eigenvalue weighted by molar-refractivity contribution is 0.102. The van der Waals surface area contributed by atoms with Gasteiger partial charge in [-0.2, -0.15) is 0 Å². The van der Waals surface area contributed by atoms with E-state index in [1.165, 1.54) is 49.6 Å². The second-order valence-corrected chi connectivity index (χ2v) is 12.6. The lowest BCUT2D eigenvalue weighted by Gasteiger charge is -2.14. The standard InChI is InChI=1S/C30H22N2O6S2/c1-38-23-17-16-22-19-29(32(27(22)20-23)40(36,37)25-13-6-3-7-14-25)30(33)28-18-21-10-8-9-15-26(21)31(28)39(34,35)24-11-4-2-5-12-24/h2-20H,1H3. The molecule has 6 aromatic rings. The van der Waals surface area contributed by atoms with Crippen LogP contribution in [0, 0.1) is 0 Å². The summed E-state index contributed by atoms with van der Waals surface area (Å²) in [5.74, 6) is -0.375. The quantitative estimate of drug-likeness (QED) is 0.241. The van der Waals surface area contributed by atoms with Crippen LogP contribution in [0.1, 0.15) is 16.2 Å². The fraction of sp³-hybridized carbons (Fsp3) is 0.0333. The van der Waals surface area contributed by atoms with Gasteiger partial charge in [-0.05, 0) is 54.6 Å². The molecule has 8 nitrogen and oxygen atoms in total. The first kappa shape index (κ1) is 25.6. The molecule has 0 amide bonds. The zero-order valence-electron chi connectivity index (χ0n) is 21.1. The summed E-state index contributed by atoms with van der Waals surface area (Å²) >= 11 is 0. The molecule has 40 heavy (non-hydrogen) atoms. The van der Waals surface area contributed by atoms with Crippen LogP contribution in [0.25, 0.3) is 21.8 Å². The molecule has 0 radical (unpaired) electrons. The highest BCUT2D eigenvalue weighted by Crippen LogP contribution is 2.32. The highest BCUT2D eigenvalue weighted by molar-refractivity contribution is 7.90. The van der Waals surface area contributed by atoms with E-state index in [1.807, 2.05) is 0 Å². The molecule has 0 spiro atoms. The summed E-state index contributed by atoms with van der Waals surface area (Å²) in [5, 5.41) is 0.984. The van der Waals surface area contributed by atoms with Crippen molar-refractivity contribution >= 4 is 47.6 Å².